The molecule has 0 aliphatic heterocycles. The van der Waals surface area contributed by atoms with Gasteiger partial charge in [0.2, 0.25) is 0 Å². The molecular formula is C30H24N8O3. The highest BCUT2D eigenvalue weighted by Gasteiger charge is 2.16. The predicted octanol–water partition coefficient (Wildman–Crippen LogP) is 5.71. The molecule has 41 heavy (non-hydrogen) atoms. The summed E-state index contributed by atoms with van der Waals surface area (Å²) in [6, 6.07) is 23.4. The average Bonchev–Trinajstić information content (AvgIpc) is 3.40. The van der Waals surface area contributed by atoms with Crippen LogP contribution in [0.4, 0.5) is 22.1 Å². The average molecular weight is 545 g/mol. The van der Waals surface area contributed by atoms with Gasteiger partial charge < -0.3 is 20.8 Å². The van der Waals surface area contributed by atoms with E-state index in [1.807, 2.05) is 61.5 Å². The number of urea groups is 1. The minimum absolute atomic E-state index is 0.177. The van der Waals surface area contributed by atoms with E-state index in [-0.39, 0.29) is 11.5 Å². The van der Waals surface area contributed by atoms with E-state index in [2.05, 4.69) is 37.3 Å². The fourth-order valence-corrected chi connectivity index (χ4v) is 4.37. The first kappa shape index (κ1) is 25.3. The van der Waals surface area contributed by atoms with E-state index in [0.717, 1.165) is 22.0 Å². The predicted molar refractivity (Wildman–Crippen MR) is 160 cm³/mol. The molecule has 2 amide bonds. The number of pyridine rings is 1. The molecule has 0 radical (unpaired) electrons. The number of anilines is 3. The largest absolute Gasteiger partial charge is 0.454 e. The number of amides is 2. The maximum atomic E-state index is 13.2. The number of hydrogen-bond donors (Lipinski definition) is 4. The highest BCUT2D eigenvalue weighted by molar-refractivity contribution is 6.07. The molecular weight excluding hydrogens is 520 g/mol. The van der Waals surface area contributed by atoms with Crippen molar-refractivity contribution in [1.29, 1.82) is 0 Å². The van der Waals surface area contributed by atoms with Crippen LogP contribution < -0.4 is 26.7 Å². The number of aromatic nitrogens is 5. The van der Waals surface area contributed by atoms with Gasteiger partial charge in [0, 0.05) is 29.1 Å². The summed E-state index contributed by atoms with van der Waals surface area (Å²) in [4.78, 5) is 36.1. The number of ether oxygens (including phenoxy) is 1. The minimum atomic E-state index is -0.533. The van der Waals surface area contributed by atoms with Crippen LogP contribution in [-0.4, -0.2) is 30.8 Å². The molecule has 0 atom stereocenters. The second kappa shape index (κ2) is 10.3. The second-order valence-corrected chi connectivity index (χ2v) is 9.24. The van der Waals surface area contributed by atoms with E-state index in [1.54, 1.807) is 28.9 Å². The number of benzene rings is 3. The standard InChI is InChI=1S/C30H24N8O3/c1-17(2)22-16-25(38(37-22)18-8-4-3-5-9-18)34-30(40)33-21-12-13-23(20-11-7-6-10-19(20)21)41-24-14-15-32-28-26(24)35-29(39)27(31)36-28/h3-16H,1H2,2H3,(H,35,39)(H2,31,32,36)(H2,33,34,40). The monoisotopic (exact) mass is 544 g/mol. The van der Waals surface area contributed by atoms with E-state index >= 15 is 0 Å². The highest BCUT2D eigenvalue weighted by atomic mass is 16.5. The number of nitrogens with two attached hydrogens (primary N) is 1. The number of carbonyl (C=O) groups is 1. The normalized spacial score (nSPS) is 11.0. The smallest absolute Gasteiger partial charge is 0.324 e. The molecule has 0 saturated carbocycles. The molecule has 0 saturated heterocycles. The van der Waals surface area contributed by atoms with Crippen molar-refractivity contribution in [2.45, 2.75) is 6.92 Å². The van der Waals surface area contributed by atoms with Crippen molar-refractivity contribution in [1.82, 2.24) is 24.7 Å². The summed E-state index contributed by atoms with van der Waals surface area (Å²) in [7, 11) is 0. The van der Waals surface area contributed by atoms with Crippen LogP contribution in [-0.2, 0) is 0 Å². The van der Waals surface area contributed by atoms with Gasteiger partial charge in [-0.25, -0.2) is 19.4 Å². The van der Waals surface area contributed by atoms with Crippen molar-refractivity contribution in [2.75, 3.05) is 16.4 Å². The van der Waals surface area contributed by atoms with Gasteiger partial charge in [-0.2, -0.15) is 5.10 Å². The lowest BCUT2D eigenvalue weighted by atomic mass is 10.1. The summed E-state index contributed by atoms with van der Waals surface area (Å²) in [6.45, 7) is 5.83. The van der Waals surface area contributed by atoms with Gasteiger partial charge in [-0.05, 0) is 36.8 Å². The van der Waals surface area contributed by atoms with Gasteiger partial charge >= 0.3 is 6.03 Å². The lowest BCUT2D eigenvalue weighted by molar-refractivity contribution is 0.262. The van der Waals surface area contributed by atoms with Gasteiger partial charge in [-0.15, -0.1) is 0 Å². The number of rotatable bonds is 6. The molecule has 0 bridgehead atoms. The third-order valence-electron chi connectivity index (χ3n) is 6.33. The van der Waals surface area contributed by atoms with Gasteiger partial charge in [0.1, 0.15) is 17.1 Å². The van der Waals surface area contributed by atoms with E-state index in [1.165, 1.54) is 6.20 Å². The molecule has 0 aliphatic carbocycles. The summed E-state index contributed by atoms with van der Waals surface area (Å²) in [5.74, 6) is 1.17. The zero-order chi connectivity index (χ0) is 28.5. The quantitative estimate of drug-likeness (QED) is 0.209. The van der Waals surface area contributed by atoms with Gasteiger partial charge in [-0.1, -0.05) is 49.0 Å². The third kappa shape index (κ3) is 4.94. The molecule has 5 N–H and O–H groups in total. The maximum absolute atomic E-state index is 13.2. The van der Waals surface area contributed by atoms with Crippen LogP contribution in [0.25, 0.3) is 33.2 Å². The Morgan fingerprint density at radius 2 is 1.73 bits per heavy atom. The van der Waals surface area contributed by atoms with Crippen LogP contribution in [0.5, 0.6) is 11.5 Å². The number of nitrogens with one attached hydrogen (secondary N) is 3. The summed E-state index contributed by atoms with van der Waals surface area (Å²) >= 11 is 0. The molecule has 3 aromatic carbocycles. The molecule has 11 heteroatoms. The number of carbonyl (C=O) groups excluding carboxylic acids is 1. The molecule has 6 rings (SSSR count). The number of nitrogen functional groups attached to an aromatic ring is 1. The van der Waals surface area contributed by atoms with Crippen molar-refractivity contribution in [3.05, 3.63) is 108 Å². The molecule has 202 valence electrons. The number of hydrogen-bond acceptors (Lipinski definition) is 7. The second-order valence-electron chi connectivity index (χ2n) is 9.24. The zero-order valence-corrected chi connectivity index (χ0v) is 21.9. The van der Waals surface area contributed by atoms with E-state index in [0.29, 0.717) is 34.2 Å². The molecule has 11 nitrogen and oxygen atoms in total. The van der Waals surface area contributed by atoms with Crippen LogP contribution in [0.2, 0.25) is 0 Å². The number of H-pyrrole nitrogens is 1. The Balaban J connectivity index is 1.30. The number of fused-ring (bicyclic) bond motifs is 2. The van der Waals surface area contributed by atoms with Gasteiger partial charge in [0.25, 0.3) is 5.56 Å². The van der Waals surface area contributed by atoms with Crippen molar-refractivity contribution in [3.8, 4) is 17.2 Å². The van der Waals surface area contributed by atoms with Crippen LogP contribution in [0.3, 0.4) is 0 Å². The van der Waals surface area contributed by atoms with E-state index in [9.17, 15) is 9.59 Å². The summed E-state index contributed by atoms with van der Waals surface area (Å²) in [5.41, 5.74) is 8.48. The van der Waals surface area contributed by atoms with Crippen LogP contribution in [0.15, 0.2) is 96.4 Å². The molecule has 0 aliphatic rings. The Bertz CT molecular complexity index is 2010. The van der Waals surface area contributed by atoms with Gasteiger partial charge in [0.15, 0.2) is 17.2 Å². The minimum Gasteiger partial charge on any atom is -0.454 e. The molecule has 0 spiro atoms. The Morgan fingerprint density at radius 3 is 2.51 bits per heavy atom. The first-order valence-corrected chi connectivity index (χ1v) is 12.6. The SMILES string of the molecule is C=C(C)c1cc(NC(=O)Nc2ccc(Oc3ccnc4nc(N)c(=O)[nH]c34)c3ccccc23)n(-c2ccccc2)n1. The van der Waals surface area contributed by atoms with Crippen LogP contribution in [0.1, 0.15) is 12.6 Å². The summed E-state index contributed by atoms with van der Waals surface area (Å²) < 4.78 is 7.86. The summed E-state index contributed by atoms with van der Waals surface area (Å²) in [5, 5.41) is 11.9. The number of nitrogens with zero attached hydrogens (tertiary/aromatic N) is 4. The van der Waals surface area contributed by atoms with Gasteiger partial charge in [-0.3, -0.25) is 10.1 Å². The van der Waals surface area contributed by atoms with Crippen molar-refractivity contribution in [3.63, 3.8) is 0 Å². The number of aromatic amines is 1. The van der Waals surface area contributed by atoms with Crippen molar-refractivity contribution < 1.29 is 9.53 Å². The fraction of sp³-hybridized carbons (Fsp3) is 0.0333. The lowest BCUT2D eigenvalue weighted by Gasteiger charge is -2.15. The molecule has 0 unspecified atom stereocenters. The maximum Gasteiger partial charge on any atom is 0.324 e. The topological polar surface area (TPSA) is 153 Å². The zero-order valence-electron chi connectivity index (χ0n) is 21.9. The van der Waals surface area contributed by atoms with Crippen molar-refractivity contribution in [2.24, 2.45) is 0 Å². The first-order chi connectivity index (χ1) is 19.9. The molecule has 3 aromatic heterocycles. The Labute approximate surface area is 233 Å². The first-order valence-electron chi connectivity index (χ1n) is 12.6. The Morgan fingerprint density at radius 1 is 0.976 bits per heavy atom. The third-order valence-corrected chi connectivity index (χ3v) is 6.33. The van der Waals surface area contributed by atoms with Gasteiger partial charge in [0.05, 0.1) is 17.1 Å². The van der Waals surface area contributed by atoms with Crippen LogP contribution >= 0.6 is 0 Å². The number of allylic oxidation sites excluding steroid dienone is 1. The van der Waals surface area contributed by atoms with Crippen molar-refractivity contribution >= 4 is 50.9 Å². The summed E-state index contributed by atoms with van der Waals surface area (Å²) in [6.07, 6.45) is 1.52. The molecule has 3 heterocycles. The molecule has 0 fully saturated rings. The number of para-hydroxylation sites is 1. The Kier molecular flexibility index (Phi) is 6.36. The lowest BCUT2D eigenvalue weighted by Crippen LogP contribution is -2.21. The Hall–Kier alpha value is -5.97. The van der Waals surface area contributed by atoms with Crippen LogP contribution in [0, 0.1) is 0 Å². The van der Waals surface area contributed by atoms with E-state index in [4.69, 9.17) is 10.5 Å². The highest BCUT2D eigenvalue weighted by Crippen LogP contribution is 2.36. The molecule has 6 aromatic rings. The fourth-order valence-electron chi connectivity index (χ4n) is 4.37. The van der Waals surface area contributed by atoms with E-state index < -0.39 is 11.6 Å².